The first-order valence-electron chi connectivity index (χ1n) is 34.6. The minimum atomic E-state index is -0.851. The van der Waals surface area contributed by atoms with Crippen LogP contribution in [0.15, 0.2) is 24.3 Å². The molecule has 450 valence electrons. The number of aliphatic hydroxyl groups excluding tert-OH is 2. The van der Waals surface area contributed by atoms with E-state index in [9.17, 15) is 19.8 Å². The van der Waals surface area contributed by atoms with Crippen molar-refractivity contribution in [2.45, 2.75) is 398 Å². The third-order valence-corrected chi connectivity index (χ3v) is 16.2. The van der Waals surface area contributed by atoms with Crippen molar-refractivity contribution in [3.63, 3.8) is 0 Å². The minimum Gasteiger partial charge on any atom is -0.466 e. The second-order valence-corrected chi connectivity index (χ2v) is 23.9. The molecule has 1 amide bonds. The Kier molecular flexibility index (Phi) is 64.4. The molecule has 0 bridgehead atoms. The van der Waals surface area contributed by atoms with E-state index in [1.807, 2.05) is 6.08 Å². The quantitative estimate of drug-likeness (QED) is 0.0320. The Bertz CT molecular complexity index is 1190. The van der Waals surface area contributed by atoms with Gasteiger partial charge in [0, 0.05) is 12.8 Å². The molecule has 0 aromatic rings. The number of allylic oxidation sites excluding steroid dienone is 3. The van der Waals surface area contributed by atoms with Crippen molar-refractivity contribution in [3.05, 3.63) is 24.3 Å². The van der Waals surface area contributed by atoms with E-state index in [2.05, 4.69) is 31.3 Å². The van der Waals surface area contributed by atoms with Gasteiger partial charge in [0.05, 0.1) is 25.4 Å². The van der Waals surface area contributed by atoms with Gasteiger partial charge in [0.1, 0.15) is 0 Å². The number of carbonyl (C=O) groups is 2. The topological polar surface area (TPSA) is 95.9 Å². The number of amides is 1. The van der Waals surface area contributed by atoms with E-state index in [1.54, 1.807) is 6.08 Å². The van der Waals surface area contributed by atoms with Gasteiger partial charge in [-0.05, 0) is 57.8 Å². The van der Waals surface area contributed by atoms with Gasteiger partial charge in [-0.25, -0.2) is 0 Å². The Morgan fingerprint density at radius 1 is 0.355 bits per heavy atom. The zero-order chi connectivity index (χ0) is 55.0. The van der Waals surface area contributed by atoms with Gasteiger partial charge in [-0.2, -0.15) is 0 Å². The number of unbranched alkanes of at least 4 members (excludes halogenated alkanes) is 52. The van der Waals surface area contributed by atoms with Gasteiger partial charge in [0.25, 0.3) is 0 Å². The number of carbonyl (C=O) groups excluding carboxylic acids is 2. The molecule has 6 heteroatoms. The Morgan fingerprint density at radius 2 is 0.618 bits per heavy atom. The molecule has 0 aliphatic heterocycles. The van der Waals surface area contributed by atoms with Crippen molar-refractivity contribution in [2.75, 3.05) is 13.2 Å². The predicted octanol–water partition coefficient (Wildman–Crippen LogP) is 22.1. The van der Waals surface area contributed by atoms with E-state index in [0.717, 1.165) is 44.9 Å². The molecule has 0 aliphatic rings. The molecule has 0 radical (unpaired) electrons. The van der Waals surface area contributed by atoms with E-state index >= 15 is 0 Å². The Morgan fingerprint density at radius 3 is 0.934 bits per heavy atom. The number of rotatable bonds is 65. The first-order chi connectivity index (χ1) is 37.5. The molecule has 2 unspecified atom stereocenters. The lowest BCUT2D eigenvalue weighted by Crippen LogP contribution is -2.45. The fraction of sp³-hybridized carbons (Fsp3) is 0.914. The average Bonchev–Trinajstić information content (AvgIpc) is 3.42. The second-order valence-electron chi connectivity index (χ2n) is 23.9. The van der Waals surface area contributed by atoms with Crippen molar-refractivity contribution in [1.82, 2.24) is 5.32 Å². The van der Waals surface area contributed by atoms with Crippen molar-refractivity contribution in [1.29, 1.82) is 0 Å². The number of ether oxygens (including phenoxy) is 1. The summed E-state index contributed by atoms with van der Waals surface area (Å²) >= 11 is 0. The summed E-state index contributed by atoms with van der Waals surface area (Å²) in [6.07, 6.45) is 82.4. The van der Waals surface area contributed by atoms with E-state index < -0.39 is 12.1 Å². The highest BCUT2D eigenvalue weighted by atomic mass is 16.5. The monoisotopic (exact) mass is 1070 g/mol. The molecule has 3 N–H and O–H groups in total. The minimum absolute atomic E-state index is 0.0112. The highest BCUT2D eigenvalue weighted by Crippen LogP contribution is 2.18. The average molecular weight is 1070 g/mol. The fourth-order valence-electron chi connectivity index (χ4n) is 10.9. The van der Waals surface area contributed by atoms with Crippen LogP contribution in [0, 0.1) is 0 Å². The molecule has 0 rings (SSSR count). The Balaban J connectivity index is 3.43. The van der Waals surface area contributed by atoms with Crippen LogP contribution in [0.25, 0.3) is 0 Å². The maximum Gasteiger partial charge on any atom is 0.305 e. The molecule has 2 atom stereocenters. The number of hydrogen-bond donors (Lipinski definition) is 3. The van der Waals surface area contributed by atoms with Crippen LogP contribution in [0.5, 0.6) is 0 Å². The Labute approximate surface area is 475 Å². The molecule has 0 heterocycles. The molecule has 0 aromatic carbocycles. The maximum atomic E-state index is 12.5. The van der Waals surface area contributed by atoms with Crippen LogP contribution in [-0.4, -0.2) is 47.4 Å². The van der Waals surface area contributed by atoms with E-state index in [0.29, 0.717) is 19.4 Å². The van der Waals surface area contributed by atoms with Crippen molar-refractivity contribution < 1.29 is 24.5 Å². The molecule has 0 aromatic heterocycles. The first kappa shape index (κ1) is 74.3. The lowest BCUT2D eigenvalue weighted by atomic mass is 10.0. The third-order valence-electron chi connectivity index (χ3n) is 16.2. The molecule has 0 saturated heterocycles. The van der Waals surface area contributed by atoms with Gasteiger partial charge in [0.15, 0.2) is 0 Å². The zero-order valence-electron chi connectivity index (χ0n) is 51.5. The number of aliphatic hydroxyl groups is 2. The highest BCUT2D eigenvalue weighted by Gasteiger charge is 2.18. The van der Waals surface area contributed by atoms with Crippen LogP contribution in [0.2, 0.25) is 0 Å². The summed E-state index contributed by atoms with van der Waals surface area (Å²) in [4.78, 5) is 24.6. The van der Waals surface area contributed by atoms with Gasteiger partial charge in [-0.1, -0.05) is 340 Å². The predicted molar refractivity (Wildman–Crippen MR) is 333 cm³/mol. The smallest absolute Gasteiger partial charge is 0.305 e. The zero-order valence-corrected chi connectivity index (χ0v) is 51.5. The van der Waals surface area contributed by atoms with Crippen molar-refractivity contribution in [3.8, 4) is 0 Å². The molecule has 76 heavy (non-hydrogen) atoms. The lowest BCUT2D eigenvalue weighted by Gasteiger charge is -2.20. The van der Waals surface area contributed by atoms with Gasteiger partial charge in [0.2, 0.25) is 5.91 Å². The third kappa shape index (κ3) is 61.6. The summed E-state index contributed by atoms with van der Waals surface area (Å²) in [5.41, 5.74) is 0. The van der Waals surface area contributed by atoms with E-state index in [1.165, 1.54) is 315 Å². The van der Waals surface area contributed by atoms with Gasteiger partial charge in [-0.15, -0.1) is 0 Å². The Hall–Kier alpha value is -1.66. The maximum absolute atomic E-state index is 12.5. The number of nitrogens with one attached hydrogen (secondary N) is 1. The van der Waals surface area contributed by atoms with Crippen LogP contribution in [0.3, 0.4) is 0 Å². The van der Waals surface area contributed by atoms with Crippen LogP contribution in [0.4, 0.5) is 0 Å². The summed E-state index contributed by atoms with van der Waals surface area (Å²) in [5, 5.41) is 23.2. The summed E-state index contributed by atoms with van der Waals surface area (Å²) in [6.45, 7) is 4.94. The SMILES string of the molecule is CCCCCCCCCCCCCCCCCCCC/C=C/C(O)C(CO)NC(=O)CCCCCCCCC/C=C\CCCCCCCCCCCOC(=O)CCCCCCCCCCCCCCCCCCCCC. The molecule has 0 aliphatic carbocycles. The normalized spacial score (nSPS) is 12.6. The standard InChI is InChI=1S/C70H135NO5/c1-3-5-7-9-11-13-15-17-19-21-23-27-30-34-38-42-46-50-54-58-62-68(73)67(66-72)71-69(74)63-59-55-51-47-43-39-35-31-28-24-25-29-33-37-41-45-49-53-57-61-65-76-70(75)64-60-56-52-48-44-40-36-32-26-22-20-18-16-14-12-10-8-6-4-2/h24,28,58,62,67-68,72-73H,3-23,25-27,29-57,59-61,63-66H2,1-2H3,(H,71,74)/b28-24-,62-58+. The fourth-order valence-corrected chi connectivity index (χ4v) is 10.9. The summed E-state index contributed by atoms with van der Waals surface area (Å²) < 4.78 is 5.51. The van der Waals surface area contributed by atoms with Crippen molar-refractivity contribution >= 4 is 11.9 Å². The van der Waals surface area contributed by atoms with Gasteiger partial charge >= 0.3 is 5.97 Å². The van der Waals surface area contributed by atoms with Crippen molar-refractivity contribution in [2.24, 2.45) is 0 Å². The molecule has 0 saturated carbocycles. The first-order valence-corrected chi connectivity index (χ1v) is 34.6. The van der Waals surface area contributed by atoms with E-state index in [-0.39, 0.29) is 18.5 Å². The number of esters is 1. The lowest BCUT2D eigenvalue weighted by molar-refractivity contribution is -0.143. The highest BCUT2D eigenvalue weighted by molar-refractivity contribution is 5.76. The molecule has 6 nitrogen and oxygen atoms in total. The summed E-state index contributed by atoms with van der Waals surface area (Å²) in [7, 11) is 0. The van der Waals surface area contributed by atoms with Gasteiger partial charge < -0.3 is 20.3 Å². The second kappa shape index (κ2) is 65.9. The van der Waals surface area contributed by atoms with Gasteiger partial charge in [-0.3, -0.25) is 9.59 Å². The van der Waals surface area contributed by atoms with Crippen LogP contribution in [0.1, 0.15) is 386 Å². The largest absolute Gasteiger partial charge is 0.466 e. The summed E-state index contributed by atoms with van der Waals surface area (Å²) in [6, 6.07) is -0.635. The molecular formula is C70H135NO5. The molecule has 0 spiro atoms. The van der Waals surface area contributed by atoms with Crippen LogP contribution in [-0.2, 0) is 14.3 Å². The molecular weight excluding hydrogens is 935 g/mol. The number of hydrogen-bond acceptors (Lipinski definition) is 5. The van der Waals surface area contributed by atoms with Crippen LogP contribution >= 0.6 is 0 Å². The van der Waals surface area contributed by atoms with Crippen LogP contribution < -0.4 is 5.32 Å². The molecule has 0 fully saturated rings. The van der Waals surface area contributed by atoms with E-state index in [4.69, 9.17) is 4.74 Å². The summed E-state index contributed by atoms with van der Waals surface area (Å²) in [5.74, 6) is -0.0618.